The molecule has 27 heavy (non-hydrogen) atoms. The number of hydrogen-bond acceptors (Lipinski definition) is 3. The molecule has 0 saturated heterocycles. The number of nitrogens with one attached hydrogen (secondary N) is 1. The van der Waals surface area contributed by atoms with Crippen molar-refractivity contribution in [1.82, 2.24) is 0 Å². The maximum atomic E-state index is 13.1. The van der Waals surface area contributed by atoms with Gasteiger partial charge in [0.15, 0.2) is 0 Å². The van der Waals surface area contributed by atoms with E-state index in [0.717, 1.165) is 28.1 Å². The van der Waals surface area contributed by atoms with Crippen molar-refractivity contribution in [2.75, 3.05) is 10.2 Å². The first kappa shape index (κ1) is 19.0. The van der Waals surface area contributed by atoms with Gasteiger partial charge in [-0.15, -0.1) is 0 Å². The van der Waals surface area contributed by atoms with Gasteiger partial charge in [0, 0.05) is 12.1 Å². The number of benzene rings is 2. The van der Waals surface area contributed by atoms with Gasteiger partial charge in [-0.25, -0.2) is 4.79 Å². The van der Waals surface area contributed by atoms with Gasteiger partial charge in [-0.2, -0.15) is 0 Å². The summed E-state index contributed by atoms with van der Waals surface area (Å²) in [5.41, 5.74) is 3.86. The molecule has 142 valence electrons. The molecule has 1 unspecified atom stereocenters. The normalized spacial score (nSPS) is 16.0. The van der Waals surface area contributed by atoms with Crippen LogP contribution < -0.4 is 10.2 Å². The Morgan fingerprint density at radius 3 is 2.52 bits per heavy atom. The molecule has 0 bridgehead atoms. The molecule has 2 aromatic rings. The number of para-hydroxylation sites is 1. The number of hydrogen-bond donors (Lipinski definition) is 1. The zero-order valence-corrected chi connectivity index (χ0v) is 16.5. The molecule has 3 rings (SSSR count). The fraction of sp³-hybridized carbons (Fsp3) is 0.364. The van der Waals surface area contributed by atoms with Gasteiger partial charge >= 0.3 is 6.09 Å². The maximum absolute atomic E-state index is 13.1. The van der Waals surface area contributed by atoms with Gasteiger partial charge < -0.3 is 10.1 Å². The highest BCUT2D eigenvalue weighted by molar-refractivity contribution is 6.05. The molecule has 0 radical (unpaired) electrons. The molecule has 5 heteroatoms. The third-order valence-electron chi connectivity index (χ3n) is 4.52. The van der Waals surface area contributed by atoms with E-state index in [-0.39, 0.29) is 5.91 Å². The minimum atomic E-state index is -0.642. The van der Waals surface area contributed by atoms with E-state index in [2.05, 4.69) is 5.32 Å². The van der Waals surface area contributed by atoms with E-state index in [1.54, 1.807) is 0 Å². The van der Waals surface area contributed by atoms with E-state index in [0.29, 0.717) is 6.42 Å². The summed E-state index contributed by atoms with van der Waals surface area (Å²) in [7, 11) is 0. The SMILES string of the molecule is Cc1ccc(C)c(NC(=O)C2Cc3ccccc3N2C(=O)OC(C)(C)C)c1. The predicted octanol–water partition coefficient (Wildman–Crippen LogP) is 4.61. The largest absolute Gasteiger partial charge is 0.443 e. The number of fused-ring (bicyclic) bond motifs is 1. The van der Waals surface area contributed by atoms with Crippen LogP contribution in [-0.4, -0.2) is 23.6 Å². The summed E-state index contributed by atoms with van der Waals surface area (Å²) in [6.07, 6.45) is -0.0416. The molecule has 0 fully saturated rings. The van der Waals surface area contributed by atoms with Gasteiger partial charge in [0.2, 0.25) is 5.91 Å². The van der Waals surface area contributed by atoms with Crippen molar-refractivity contribution >= 4 is 23.4 Å². The molecule has 5 nitrogen and oxygen atoms in total. The third-order valence-corrected chi connectivity index (χ3v) is 4.52. The quantitative estimate of drug-likeness (QED) is 0.844. The Bertz CT molecular complexity index is 883. The van der Waals surface area contributed by atoms with Crippen LogP contribution in [0.2, 0.25) is 0 Å². The Morgan fingerprint density at radius 1 is 1.11 bits per heavy atom. The first-order chi connectivity index (χ1) is 12.7. The number of nitrogens with zero attached hydrogens (tertiary/aromatic N) is 1. The molecule has 2 aromatic carbocycles. The van der Waals surface area contributed by atoms with Crippen molar-refractivity contribution < 1.29 is 14.3 Å². The molecule has 1 atom stereocenters. The Kier molecular flexibility index (Phi) is 4.96. The lowest BCUT2D eigenvalue weighted by Gasteiger charge is -2.28. The van der Waals surface area contributed by atoms with Gasteiger partial charge in [0.05, 0.1) is 5.69 Å². The molecule has 0 spiro atoms. The minimum absolute atomic E-state index is 0.217. The van der Waals surface area contributed by atoms with Gasteiger partial charge in [0.25, 0.3) is 0 Å². The number of amides is 2. The highest BCUT2D eigenvalue weighted by atomic mass is 16.6. The van der Waals surface area contributed by atoms with E-state index >= 15 is 0 Å². The summed E-state index contributed by atoms with van der Waals surface area (Å²) < 4.78 is 5.56. The van der Waals surface area contributed by atoms with Crippen molar-refractivity contribution in [2.45, 2.75) is 52.7 Å². The van der Waals surface area contributed by atoms with Crippen LogP contribution in [0.4, 0.5) is 16.2 Å². The summed E-state index contributed by atoms with van der Waals surface area (Å²) >= 11 is 0. The Labute approximate surface area is 160 Å². The monoisotopic (exact) mass is 366 g/mol. The second-order valence-electron chi connectivity index (χ2n) is 8.01. The molecule has 1 heterocycles. The van der Waals surface area contributed by atoms with E-state index in [9.17, 15) is 9.59 Å². The van der Waals surface area contributed by atoms with E-state index in [1.165, 1.54) is 4.90 Å². The van der Waals surface area contributed by atoms with E-state index in [4.69, 9.17) is 4.74 Å². The molecule has 0 saturated carbocycles. The van der Waals surface area contributed by atoms with Crippen molar-refractivity contribution in [1.29, 1.82) is 0 Å². The number of aryl methyl sites for hydroxylation is 2. The Morgan fingerprint density at radius 2 is 1.81 bits per heavy atom. The molecular weight excluding hydrogens is 340 g/mol. The van der Waals surface area contributed by atoms with Crippen LogP contribution in [-0.2, 0) is 16.0 Å². The Balaban J connectivity index is 1.89. The lowest BCUT2D eigenvalue weighted by molar-refractivity contribution is -0.117. The fourth-order valence-electron chi connectivity index (χ4n) is 3.22. The average Bonchev–Trinajstić information content (AvgIpc) is 2.96. The van der Waals surface area contributed by atoms with Crippen molar-refractivity contribution in [3.63, 3.8) is 0 Å². The van der Waals surface area contributed by atoms with Crippen LogP contribution in [0.25, 0.3) is 0 Å². The number of carbonyl (C=O) groups excluding carboxylic acids is 2. The second kappa shape index (κ2) is 7.06. The molecule has 1 aliphatic heterocycles. The lowest BCUT2D eigenvalue weighted by Crippen LogP contribution is -2.47. The van der Waals surface area contributed by atoms with Crippen LogP contribution >= 0.6 is 0 Å². The van der Waals surface area contributed by atoms with Crippen molar-refractivity contribution in [3.8, 4) is 0 Å². The van der Waals surface area contributed by atoms with Crippen LogP contribution in [0.15, 0.2) is 42.5 Å². The molecule has 0 aliphatic carbocycles. The molecule has 0 aromatic heterocycles. The number of rotatable bonds is 2. The summed E-state index contributed by atoms with van der Waals surface area (Å²) in [5, 5.41) is 2.99. The van der Waals surface area contributed by atoms with Crippen LogP contribution in [0.1, 0.15) is 37.5 Å². The number of anilines is 2. The first-order valence-electron chi connectivity index (χ1n) is 9.14. The standard InChI is InChI=1S/C22H26N2O3/c1-14-10-11-15(2)17(12-14)23-20(25)19-13-16-8-6-7-9-18(16)24(19)21(26)27-22(3,4)5/h6-12,19H,13H2,1-5H3,(H,23,25). The topological polar surface area (TPSA) is 58.6 Å². The first-order valence-corrected chi connectivity index (χ1v) is 9.14. The molecular formula is C22H26N2O3. The van der Waals surface area contributed by atoms with Crippen molar-refractivity contribution in [2.24, 2.45) is 0 Å². The third kappa shape index (κ3) is 4.13. The summed E-state index contributed by atoms with van der Waals surface area (Å²) in [5.74, 6) is -0.217. The molecule has 1 N–H and O–H groups in total. The smallest absolute Gasteiger partial charge is 0.415 e. The summed E-state index contributed by atoms with van der Waals surface area (Å²) in [4.78, 5) is 27.4. The average molecular weight is 366 g/mol. The zero-order valence-electron chi connectivity index (χ0n) is 16.5. The summed E-state index contributed by atoms with van der Waals surface area (Å²) in [6, 6.07) is 12.8. The lowest BCUT2D eigenvalue weighted by atomic mass is 10.1. The van der Waals surface area contributed by atoms with Gasteiger partial charge in [0.1, 0.15) is 11.6 Å². The van der Waals surface area contributed by atoms with E-state index < -0.39 is 17.7 Å². The number of carbonyl (C=O) groups is 2. The molecule has 2 amide bonds. The number of ether oxygens (including phenoxy) is 1. The summed E-state index contributed by atoms with van der Waals surface area (Å²) in [6.45, 7) is 9.38. The highest BCUT2D eigenvalue weighted by Crippen LogP contribution is 2.34. The predicted molar refractivity (Wildman–Crippen MR) is 107 cm³/mol. The second-order valence-corrected chi connectivity index (χ2v) is 8.01. The minimum Gasteiger partial charge on any atom is -0.443 e. The highest BCUT2D eigenvalue weighted by Gasteiger charge is 2.40. The Hall–Kier alpha value is -2.82. The van der Waals surface area contributed by atoms with Crippen molar-refractivity contribution in [3.05, 3.63) is 59.2 Å². The van der Waals surface area contributed by atoms with Gasteiger partial charge in [-0.05, 0) is 63.4 Å². The van der Waals surface area contributed by atoms with Crippen LogP contribution in [0, 0.1) is 13.8 Å². The maximum Gasteiger partial charge on any atom is 0.415 e. The van der Waals surface area contributed by atoms with Crippen LogP contribution in [0.5, 0.6) is 0 Å². The van der Waals surface area contributed by atoms with E-state index in [1.807, 2.05) is 77.1 Å². The van der Waals surface area contributed by atoms with Gasteiger partial charge in [-0.1, -0.05) is 30.3 Å². The molecule has 1 aliphatic rings. The van der Waals surface area contributed by atoms with Crippen LogP contribution in [0.3, 0.4) is 0 Å². The fourth-order valence-corrected chi connectivity index (χ4v) is 3.22. The van der Waals surface area contributed by atoms with Gasteiger partial charge in [-0.3, -0.25) is 9.69 Å². The zero-order chi connectivity index (χ0) is 19.8.